The van der Waals surface area contributed by atoms with E-state index in [0.29, 0.717) is 23.6 Å². The van der Waals surface area contributed by atoms with E-state index in [1.54, 1.807) is 24.3 Å². The smallest absolute Gasteiger partial charge is 0.387 e. The Balaban J connectivity index is 1.79. The van der Waals surface area contributed by atoms with Crippen LogP contribution >= 0.6 is 11.6 Å². The Morgan fingerprint density at radius 1 is 1.21 bits per heavy atom. The van der Waals surface area contributed by atoms with E-state index in [0.717, 1.165) is 0 Å². The van der Waals surface area contributed by atoms with Crippen molar-refractivity contribution in [3.05, 3.63) is 65.0 Å². The van der Waals surface area contributed by atoms with Gasteiger partial charge < -0.3 is 14.1 Å². The monoisotopic (exact) mass is 421 g/mol. The highest BCUT2D eigenvalue weighted by Gasteiger charge is 2.20. The summed E-state index contributed by atoms with van der Waals surface area (Å²) in [5.74, 6) is 0.0497. The zero-order chi connectivity index (χ0) is 20.8. The van der Waals surface area contributed by atoms with Gasteiger partial charge in [-0.3, -0.25) is 4.79 Å². The molecule has 1 aromatic heterocycles. The van der Waals surface area contributed by atoms with Gasteiger partial charge in [-0.15, -0.1) is 10.2 Å². The molecule has 0 spiro atoms. The first-order chi connectivity index (χ1) is 14.0. The minimum Gasteiger partial charge on any atom is -0.435 e. The molecule has 3 rings (SSSR count). The van der Waals surface area contributed by atoms with Crippen molar-refractivity contribution in [3.8, 4) is 17.2 Å². The Bertz CT molecular complexity index is 981. The highest BCUT2D eigenvalue weighted by molar-refractivity contribution is 6.33. The standard InChI is InChI=1S/C20H18ClF2N3O3/c1-2-10-26(19(27)13-6-5-7-14(11-13)28-20(22)23)12-17-24-25-18(29-17)15-8-3-4-9-16(15)21/h3-9,11,20H,2,10,12H2,1H3. The number of rotatable bonds is 8. The van der Waals surface area contributed by atoms with Crippen LogP contribution in [0.3, 0.4) is 0 Å². The van der Waals surface area contributed by atoms with Gasteiger partial charge in [-0.1, -0.05) is 36.7 Å². The van der Waals surface area contributed by atoms with Crippen LogP contribution < -0.4 is 4.74 Å². The van der Waals surface area contributed by atoms with Crippen LogP contribution in [0.25, 0.3) is 11.5 Å². The lowest BCUT2D eigenvalue weighted by Gasteiger charge is -2.20. The number of aromatic nitrogens is 2. The highest BCUT2D eigenvalue weighted by Crippen LogP contribution is 2.26. The number of carbonyl (C=O) groups is 1. The lowest BCUT2D eigenvalue weighted by Crippen LogP contribution is -2.31. The van der Waals surface area contributed by atoms with Crippen molar-refractivity contribution in [1.82, 2.24) is 15.1 Å². The SMILES string of the molecule is CCCN(Cc1nnc(-c2ccccc2Cl)o1)C(=O)c1cccc(OC(F)F)c1. The van der Waals surface area contributed by atoms with Gasteiger partial charge >= 0.3 is 6.61 Å². The molecule has 2 aromatic carbocycles. The van der Waals surface area contributed by atoms with Gasteiger partial charge in [-0.2, -0.15) is 8.78 Å². The molecule has 0 radical (unpaired) electrons. The molecule has 9 heteroatoms. The molecule has 0 bridgehead atoms. The van der Waals surface area contributed by atoms with Gasteiger partial charge in [0.15, 0.2) is 0 Å². The maximum Gasteiger partial charge on any atom is 0.387 e. The number of alkyl halides is 2. The average Bonchev–Trinajstić information content (AvgIpc) is 3.15. The third-order valence-electron chi connectivity index (χ3n) is 3.98. The van der Waals surface area contributed by atoms with Gasteiger partial charge in [0.05, 0.1) is 17.1 Å². The van der Waals surface area contributed by atoms with Crippen molar-refractivity contribution >= 4 is 17.5 Å². The Kier molecular flexibility index (Phi) is 6.77. The zero-order valence-corrected chi connectivity index (χ0v) is 16.3. The van der Waals surface area contributed by atoms with Crippen LogP contribution in [-0.4, -0.2) is 34.2 Å². The summed E-state index contributed by atoms with van der Waals surface area (Å²) in [5, 5.41) is 8.46. The van der Waals surface area contributed by atoms with Gasteiger partial charge in [-0.05, 0) is 36.8 Å². The lowest BCUT2D eigenvalue weighted by atomic mass is 10.2. The van der Waals surface area contributed by atoms with Crippen molar-refractivity contribution in [3.63, 3.8) is 0 Å². The highest BCUT2D eigenvalue weighted by atomic mass is 35.5. The molecule has 0 atom stereocenters. The van der Waals surface area contributed by atoms with E-state index in [-0.39, 0.29) is 35.5 Å². The molecule has 0 aliphatic rings. The normalized spacial score (nSPS) is 10.9. The Morgan fingerprint density at radius 2 is 2.00 bits per heavy atom. The number of nitrogens with zero attached hydrogens (tertiary/aromatic N) is 3. The first-order valence-corrected chi connectivity index (χ1v) is 9.27. The first-order valence-electron chi connectivity index (χ1n) is 8.89. The lowest BCUT2D eigenvalue weighted by molar-refractivity contribution is -0.0499. The second kappa shape index (κ2) is 9.47. The number of hydrogen-bond acceptors (Lipinski definition) is 5. The molecule has 1 amide bonds. The molecule has 1 heterocycles. The van der Waals surface area contributed by atoms with E-state index in [2.05, 4.69) is 14.9 Å². The predicted molar refractivity (Wildman–Crippen MR) is 103 cm³/mol. The van der Waals surface area contributed by atoms with Gasteiger partial charge in [0.2, 0.25) is 11.8 Å². The van der Waals surface area contributed by atoms with Crippen molar-refractivity contribution in [2.45, 2.75) is 26.5 Å². The topological polar surface area (TPSA) is 68.5 Å². The van der Waals surface area contributed by atoms with E-state index < -0.39 is 6.61 Å². The second-order valence-corrected chi connectivity index (χ2v) is 6.52. The molecular formula is C20H18ClF2N3O3. The van der Waals surface area contributed by atoms with E-state index >= 15 is 0 Å². The van der Waals surface area contributed by atoms with Crippen LogP contribution in [0.1, 0.15) is 29.6 Å². The summed E-state index contributed by atoms with van der Waals surface area (Å²) >= 11 is 6.15. The molecular weight excluding hydrogens is 404 g/mol. The first kappa shape index (κ1) is 20.7. The van der Waals surface area contributed by atoms with E-state index in [9.17, 15) is 13.6 Å². The maximum atomic E-state index is 12.9. The third kappa shape index (κ3) is 5.29. The number of carbonyl (C=O) groups excluding carboxylic acids is 1. The molecule has 3 aromatic rings. The number of halogens is 3. The molecule has 0 aliphatic heterocycles. The number of hydrogen-bond donors (Lipinski definition) is 0. The summed E-state index contributed by atoms with van der Waals surface area (Å²) in [6, 6.07) is 12.7. The molecule has 152 valence electrons. The minimum atomic E-state index is -2.96. The van der Waals surface area contributed by atoms with Crippen LogP contribution in [0.2, 0.25) is 5.02 Å². The maximum absolute atomic E-state index is 12.9. The van der Waals surface area contributed by atoms with E-state index in [1.165, 1.54) is 29.2 Å². The fourth-order valence-corrected chi connectivity index (χ4v) is 2.95. The fraction of sp³-hybridized carbons (Fsp3) is 0.250. The van der Waals surface area contributed by atoms with Crippen LogP contribution in [0, 0.1) is 0 Å². The van der Waals surface area contributed by atoms with Crippen LogP contribution in [0.15, 0.2) is 52.9 Å². The van der Waals surface area contributed by atoms with E-state index in [1.807, 2.05) is 6.92 Å². The summed E-state index contributed by atoms with van der Waals surface area (Å²) in [6.45, 7) is -0.555. The van der Waals surface area contributed by atoms with Gasteiger partial charge in [0.25, 0.3) is 5.91 Å². The second-order valence-electron chi connectivity index (χ2n) is 6.11. The molecule has 0 aliphatic carbocycles. The van der Waals surface area contributed by atoms with E-state index in [4.69, 9.17) is 16.0 Å². The molecule has 0 saturated heterocycles. The number of amides is 1. The molecule has 29 heavy (non-hydrogen) atoms. The van der Waals surface area contributed by atoms with Crippen molar-refractivity contribution in [1.29, 1.82) is 0 Å². The quantitative estimate of drug-likeness (QED) is 0.509. The van der Waals surface area contributed by atoms with Gasteiger partial charge in [0, 0.05) is 12.1 Å². The van der Waals surface area contributed by atoms with Crippen LogP contribution in [0.5, 0.6) is 5.75 Å². The largest absolute Gasteiger partial charge is 0.435 e. The Labute approximate surface area is 171 Å². The Hall–Kier alpha value is -3.00. The third-order valence-corrected chi connectivity index (χ3v) is 4.31. The summed E-state index contributed by atoms with van der Waals surface area (Å²) in [5.41, 5.74) is 0.820. The molecule has 0 unspecified atom stereocenters. The summed E-state index contributed by atoms with van der Waals surface area (Å²) < 4.78 is 34.9. The van der Waals surface area contributed by atoms with Crippen LogP contribution in [-0.2, 0) is 6.54 Å². The average molecular weight is 422 g/mol. The molecule has 6 nitrogen and oxygen atoms in total. The minimum absolute atomic E-state index is 0.0735. The van der Waals surface area contributed by atoms with Crippen molar-refractivity contribution in [2.24, 2.45) is 0 Å². The molecule has 0 fully saturated rings. The fourth-order valence-electron chi connectivity index (χ4n) is 2.73. The number of benzene rings is 2. The summed E-state index contributed by atoms with van der Waals surface area (Å²) in [4.78, 5) is 14.4. The van der Waals surface area contributed by atoms with Crippen LogP contribution in [0.4, 0.5) is 8.78 Å². The summed E-state index contributed by atoms with van der Waals surface area (Å²) in [6.07, 6.45) is 0.685. The predicted octanol–water partition coefficient (Wildman–Crippen LogP) is 5.04. The van der Waals surface area contributed by atoms with Crippen molar-refractivity contribution < 1.29 is 22.7 Å². The Morgan fingerprint density at radius 3 is 2.72 bits per heavy atom. The molecule has 0 saturated carbocycles. The summed E-state index contributed by atoms with van der Waals surface area (Å²) in [7, 11) is 0. The van der Waals surface area contributed by atoms with Gasteiger partial charge in [-0.25, -0.2) is 0 Å². The van der Waals surface area contributed by atoms with Gasteiger partial charge in [0.1, 0.15) is 5.75 Å². The number of ether oxygens (including phenoxy) is 1. The van der Waals surface area contributed by atoms with Crippen molar-refractivity contribution in [2.75, 3.05) is 6.54 Å². The zero-order valence-electron chi connectivity index (χ0n) is 15.5. The molecule has 0 N–H and O–H groups in total.